The van der Waals surface area contributed by atoms with Crippen LogP contribution in [0.1, 0.15) is 31.4 Å². The number of aliphatic carboxylic acids is 1. The zero-order valence-electron chi connectivity index (χ0n) is 11.1. The van der Waals surface area contributed by atoms with Gasteiger partial charge in [0.15, 0.2) is 0 Å². The van der Waals surface area contributed by atoms with Crippen molar-refractivity contribution < 1.29 is 14.7 Å². The van der Waals surface area contributed by atoms with Gasteiger partial charge in [0.05, 0.1) is 11.3 Å². The number of anilines is 1. The van der Waals surface area contributed by atoms with Gasteiger partial charge in [0.1, 0.15) is 0 Å². The SMILES string of the molecule is CC1(C)C(=O)Nc2ccc(CC3CC3C(=O)O)cc21. The number of carbonyl (C=O) groups is 2. The highest BCUT2D eigenvalue weighted by Gasteiger charge is 2.43. The highest BCUT2D eigenvalue weighted by molar-refractivity contribution is 6.05. The lowest BCUT2D eigenvalue weighted by Gasteiger charge is -2.15. The van der Waals surface area contributed by atoms with Crippen LogP contribution in [0.5, 0.6) is 0 Å². The highest BCUT2D eigenvalue weighted by atomic mass is 16.4. The van der Waals surface area contributed by atoms with E-state index < -0.39 is 11.4 Å². The first-order valence-corrected chi connectivity index (χ1v) is 6.57. The monoisotopic (exact) mass is 259 g/mol. The van der Waals surface area contributed by atoms with E-state index in [1.54, 1.807) is 0 Å². The molecule has 2 atom stereocenters. The van der Waals surface area contributed by atoms with E-state index in [1.807, 2.05) is 32.0 Å². The molecule has 1 heterocycles. The number of carboxylic acids is 1. The number of hydrogen-bond donors (Lipinski definition) is 2. The average Bonchev–Trinajstić information content (AvgIpc) is 3.05. The van der Waals surface area contributed by atoms with Gasteiger partial charge in [-0.1, -0.05) is 12.1 Å². The molecule has 0 spiro atoms. The molecule has 1 aliphatic heterocycles. The third-order valence-corrected chi connectivity index (χ3v) is 4.31. The Balaban J connectivity index is 1.82. The predicted molar refractivity (Wildman–Crippen MR) is 71.0 cm³/mol. The van der Waals surface area contributed by atoms with Crippen molar-refractivity contribution in [1.29, 1.82) is 0 Å². The number of nitrogens with one attached hydrogen (secondary N) is 1. The Hall–Kier alpha value is -1.84. The van der Waals surface area contributed by atoms with Gasteiger partial charge in [-0.25, -0.2) is 0 Å². The van der Waals surface area contributed by atoms with Crippen molar-refractivity contribution in [2.75, 3.05) is 5.32 Å². The van der Waals surface area contributed by atoms with Crippen LogP contribution in [0.4, 0.5) is 5.69 Å². The van der Waals surface area contributed by atoms with Crippen LogP contribution in [0.15, 0.2) is 18.2 Å². The molecule has 0 bridgehead atoms. The number of rotatable bonds is 3. The van der Waals surface area contributed by atoms with Gasteiger partial charge in [-0.3, -0.25) is 9.59 Å². The number of carbonyl (C=O) groups excluding carboxylic acids is 1. The van der Waals surface area contributed by atoms with Crippen molar-refractivity contribution in [2.45, 2.75) is 32.1 Å². The Morgan fingerprint density at radius 2 is 2.21 bits per heavy atom. The van der Waals surface area contributed by atoms with Gasteiger partial charge in [0.2, 0.25) is 5.91 Å². The summed E-state index contributed by atoms with van der Waals surface area (Å²) in [6, 6.07) is 5.96. The predicted octanol–water partition coefficient (Wildman–Crippen LogP) is 2.18. The minimum absolute atomic E-state index is 0.0227. The van der Waals surface area contributed by atoms with Gasteiger partial charge in [-0.15, -0.1) is 0 Å². The lowest BCUT2D eigenvalue weighted by atomic mass is 9.85. The minimum Gasteiger partial charge on any atom is -0.481 e. The zero-order valence-corrected chi connectivity index (χ0v) is 11.1. The van der Waals surface area contributed by atoms with Crippen LogP contribution >= 0.6 is 0 Å². The van der Waals surface area contributed by atoms with E-state index in [0.29, 0.717) is 0 Å². The van der Waals surface area contributed by atoms with Crippen molar-refractivity contribution in [3.05, 3.63) is 29.3 Å². The largest absolute Gasteiger partial charge is 0.481 e. The molecule has 1 saturated carbocycles. The van der Waals surface area contributed by atoms with E-state index in [9.17, 15) is 9.59 Å². The first-order chi connectivity index (χ1) is 8.89. The Kier molecular flexibility index (Phi) is 2.46. The van der Waals surface area contributed by atoms with Crippen molar-refractivity contribution in [3.63, 3.8) is 0 Å². The first-order valence-electron chi connectivity index (χ1n) is 6.57. The van der Waals surface area contributed by atoms with Crippen LogP contribution < -0.4 is 5.32 Å². The second kappa shape index (κ2) is 3.83. The Morgan fingerprint density at radius 1 is 1.47 bits per heavy atom. The summed E-state index contributed by atoms with van der Waals surface area (Å²) in [7, 11) is 0. The van der Waals surface area contributed by atoms with Crippen LogP contribution in [0, 0.1) is 11.8 Å². The maximum absolute atomic E-state index is 11.9. The van der Waals surface area contributed by atoms with E-state index in [1.165, 1.54) is 0 Å². The number of benzene rings is 1. The fourth-order valence-electron chi connectivity index (χ4n) is 2.82. The Labute approximate surface area is 111 Å². The van der Waals surface area contributed by atoms with E-state index >= 15 is 0 Å². The van der Waals surface area contributed by atoms with E-state index in [-0.39, 0.29) is 17.7 Å². The minimum atomic E-state index is -0.691. The summed E-state index contributed by atoms with van der Waals surface area (Å²) in [6.45, 7) is 3.82. The molecular formula is C15H17NO3. The number of hydrogen-bond acceptors (Lipinski definition) is 2. The number of fused-ring (bicyclic) bond motifs is 1. The summed E-state index contributed by atoms with van der Waals surface area (Å²) in [5, 5.41) is 11.8. The molecule has 19 heavy (non-hydrogen) atoms. The summed E-state index contributed by atoms with van der Waals surface area (Å²) in [4.78, 5) is 22.7. The molecule has 4 heteroatoms. The van der Waals surface area contributed by atoms with Gasteiger partial charge in [0, 0.05) is 5.69 Å². The Bertz CT molecular complexity index is 577. The molecule has 1 aromatic carbocycles. The second-order valence-corrected chi connectivity index (χ2v) is 6.10. The summed E-state index contributed by atoms with van der Waals surface area (Å²) < 4.78 is 0. The maximum atomic E-state index is 11.9. The van der Waals surface area contributed by atoms with Gasteiger partial charge >= 0.3 is 5.97 Å². The molecule has 2 aliphatic rings. The zero-order chi connectivity index (χ0) is 13.8. The molecule has 0 saturated heterocycles. The van der Waals surface area contributed by atoms with Crippen molar-refractivity contribution in [3.8, 4) is 0 Å². The first kappa shape index (κ1) is 12.2. The van der Waals surface area contributed by atoms with Crippen LogP contribution in [0.2, 0.25) is 0 Å². The highest BCUT2D eigenvalue weighted by Crippen LogP contribution is 2.43. The quantitative estimate of drug-likeness (QED) is 0.874. The van der Waals surface area contributed by atoms with Gasteiger partial charge in [-0.2, -0.15) is 0 Å². The van der Waals surface area contributed by atoms with E-state index in [0.717, 1.165) is 29.7 Å². The molecule has 2 unspecified atom stereocenters. The lowest BCUT2D eigenvalue weighted by Crippen LogP contribution is -2.26. The Morgan fingerprint density at radius 3 is 2.84 bits per heavy atom. The molecule has 3 rings (SSSR count). The van der Waals surface area contributed by atoms with Crippen LogP contribution in [0.3, 0.4) is 0 Å². The summed E-state index contributed by atoms with van der Waals surface area (Å²) in [5.74, 6) is -0.595. The van der Waals surface area contributed by atoms with Crippen molar-refractivity contribution >= 4 is 17.6 Å². The summed E-state index contributed by atoms with van der Waals surface area (Å²) >= 11 is 0. The van der Waals surface area contributed by atoms with Gasteiger partial charge < -0.3 is 10.4 Å². The van der Waals surface area contributed by atoms with Crippen molar-refractivity contribution in [2.24, 2.45) is 11.8 Å². The van der Waals surface area contributed by atoms with Crippen LogP contribution in [-0.2, 0) is 21.4 Å². The van der Waals surface area contributed by atoms with Crippen LogP contribution in [-0.4, -0.2) is 17.0 Å². The molecule has 1 amide bonds. The summed E-state index contributed by atoms with van der Waals surface area (Å²) in [5.41, 5.74) is 2.52. The fraction of sp³-hybridized carbons (Fsp3) is 0.467. The number of carboxylic acid groups (broad SMARTS) is 1. The normalized spacial score (nSPS) is 26.7. The molecule has 1 fully saturated rings. The lowest BCUT2D eigenvalue weighted by molar-refractivity contribution is -0.138. The molecular weight excluding hydrogens is 242 g/mol. The second-order valence-electron chi connectivity index (χ2n) is 6.10. The van der Waals surface area contributed by atoms with E-state index in [2.05, 4.69) is 5.32 Å². The smallest absolute Gasteiger partial charge is 0.306 e. The topological polar surface area (TPSA) is 66.4 Å². The molecule has 100 valence electrons. The molecule has 1 aliphatic carbocycles. The molecule has 4 nitrogen and oxygen atoms in total. The van der Waals surface area contributed by atoms with Crippen LogP contribution in [0.25, 0.3) is 0 Å². The maximum Gasteiger partial charge on any atom is 0.306 e. The number of amides is 1. The van der Waals surface area contributed by atoms with Gasteiger partial charge in [0.25, 0.3) is 0 Å². The molecule has 1 aromatic rings. The fourth-order valence-corrected chi connectivity index (χ4v) is 2.82. The summed E-state index contributed by atoms with van der Waals surface area (Å²) in [6.07, 6.45) is 1.56. The third kappa shape index (κ3) is 1.91. The van der Waals surface area contributed by atoms with Crippen molar-refractivity contribution in [1.82, 2.24) is 0 Å². The average molecular weight is 259 g/mol. The third-order valence-electron chi connectivity index (χ3n) is 4.31. The van der Waals surface area contributed by atoms with E-state index in [4.69, 9.17) is 5.11 Å². The molecule has 0 radical (unpaired) electrons. The standard InChI is InChI=1S/C15H17NO3/c1-15(2)11-6-8(3-4-12(11)16-14(15)19)5-9-7-10(9)13(17)18/h3-4,6,9-10H,5,7H2,1-2H3,(H,16,19)(H,17,18). The molecule has 0 aromatic heterocycles. The van der Waals surface area contributed by atoms with Gasteiger partial charge in [-0.05, 0) is 49.8 Å². The molecule has 2 N–H and O–H groups in total.